The van der Waals surface area contributed by atoms with Crippen LogP contribution < -0.4 is 10.2 Å². The largest absolute Gasteiger partial charge is 0.479 e. The number of ether oxygens (including phenoxy) is 1. The summed E-state index contributed by atoms with van der Waals surface area (Å²) < 4.78 is 11.0. The Labute approximate surface area is 120 Å². The van der Waals surface area contributed by atoms with Gasteiger partial charge in [-0.25, -0.2) is 0 Å². The Hall–Kier alpha value is -3.06. The van der Waals surface area contributed by atoms with Crippen molar-refractivity contribution in [3.63, 3.8) is 0 Å². The summed E-state index contributed by atoms with van der Waals surface area (Å²) in [6, 6.07) is 17.7. The molecule has 0 atom stereocenters. The van der Waals surface area contributed by atoms with Gasteiger partial charge < -0.3 is 9.15 Å². The maximum atomic E-state index is 12.1. The topological polar surface area (TPSA) is 63.2 Å². The number of nitriles is 1. The summed E-state index contributed by atoms with van der Waals surface area (Å²) in [6.45, 7) is -0.0475. The molecule has 1 aromatic heterocycles. The quantitative estimate of drug-likeness (QED) is 0.736. The van der Waals surface area contributed by atoms with Gasteiger partial charge in [0, 0.05) is 17.7 Å². The molecule has 0 aliphatic carbocycles. The molecule has 0 spiro atoms. The third-order valence-electron chi connectivity index (χ3n) is 3.06. The molecule has 0 aliphatic rings. The van der Waals surface area contributed by atoms with E-state index in [0.29, 0.717) is 22.5 Å². The molecule has 21 heavy (non-hydrogen) atoms. The van der Waals surface area contributed by atoms with E-state index in [4.69, 9.17) is 14.4 Å². The van der Waals surface area contributed by atoms with Crippen LogP contribution in [-0.2, 0) is 0 Å². The van der Waals surface area contributed by atoms with Crippen molar-refractivity contribution in [2.45, 2.75) is 0 Å². The molecule has 0 saturated carbocycles. The summed E-state index contributed by atoms with van der Waals surface area (Å²) in [6.07, 6.45) is 0. The molecule has 1 heterocycles. The Balaban J connectivity index is 2.13. The number of rotatable bonds is 3. The zero-order valence-electron chi connectivity index (χ0n) is 11.1. The van der Waals surface area contributed by atoms with Crippen molar-refractivity contribution in [2.75, 3.05) is 6.61 Å². The molecule has 0 aliphatic heterocycles. The van der Waals surface area contributed by atoms with Crippen LogP contribution in [0.4, 0.5) is 0 Å². The van der Waals surface area contributed by atoms with E-state index in [1.807, 2.05) is 36.4 Å². The zero-order chi connectivity index (χ0) is 14.7. The molecule has 0 bridgehead atoms. The summed E-state index contributed by atoms with van der Waals surface area (Å²) in [5.74, 6) is 1.00. The lowest BCUT2D eigenvalue weighted by molar-refractivity contribution is 0.368. The van der Waals surface area contributed by atoms with Crippen LogP contribution in [0.25, 0.3) is 22.3 Å². The number of hydrogen-bond donors (Lipinski definition) is 0. The smallest absolute Gasteiger partial charge is 0.193 e. The minimum Gasteiger partial charge on any atom is -0.479 e. The van der Waals surface area contributed by atoms with E-state index < -0.39 is 0 Å². The number of fused-ring (bicyclic) bond motifs is 1. The fraction of sp³-hybridized carbons (Fsp3) is 0.0588. The summed E-state index contributed by atoms with van der Waals surface area (Å²) in [5.41, 5.74) is 1.17. The molecule has 3 aromatic rings. The normalized spacial score (nSPS) is 10.2. The van der Waals surface area contributed by atoms with Gasteiger partial charge in [0.2, 0.25) is 0 Å². The van der Waals surface area contributed by atoms with Crippen molar-refractivity contribution in [2.24, 2.45) is 0 Å². The highest BCUT2D eigenvalue weighted by Crippen LogP contribution is 2.24. The van der Waals surface area contributed by atoms with E-state index in [9.17, 15) is 4.79 Å². The standard InChI is InChI=1S/C17H11NO3/c18-8-9-20-13-6-7-14-15(19)11-16(21-17(14)10-13)12-4-2-1-3-5-12/h1-7,10-11H,9H2. The number of benzene rings is 2. The molecule has 0 saturated heterocycles. The number of hydrogen-bond acceptors (Lipinski definition) is 4. The minimum absolute atomic E-state index is 0.0475. The summed E-state index contributed by atoms with van der Waals surface area (Å²) >= 11 is 0. The van der Waals surface area contributed by atoms with Crippen LogP contribution in [0.15, 0.2) is 63.8 Å². The van der Waals surface area contributed by atoms with Crippen LogP contribution in [0.3, 0.4) is 0 Å². The maximum absolute atomic E-state index is 12.1. The Morgan fingerprint density at radius 3 is 2.67 bits per heavy atom. The lowest BCUT2D eigenvalue weighted by Crippen LogP contribution is -2.01. The van der Waals surface area contributed by atoms with E-state index in [1.165, 1.54) is 6.07 Å². The van der Waals surface area contributed by atoms with Gasteiger partial charge in [-0.05, 0) is 12.1 Å². The van der Waals surface area contributed by atoms with Gasteiger partial charge in [0.25, 0.3) is 0 Å². The predicted octanol–water partition coefficient (Wildman–Crippen LogP) is 3.36. The predicted molar refractivity (Wildman–Crippen MR) is 79.0 cm³/mol. The lowest BCUT2D eigenvalue weighted by Gasteiger charge is -2.05. The first-order valence-corrected chi connectivity index (χ1v) is 6.41. The Morgan fingerprint density at radius 1 is 1.10 bits per heavy atom. The van der Waals surface area contributed by atoms with Crippen LogP contribution in [0.2, 0.25) is 0 Å². The van der Waals surface area contributed by atoms with Gasteiger partial charge in [-0.15, -0.1) is 0 Å². The average molecular weight is 277 g/mol. The first-order chi connectivity index (χ1) is 10.3. The molecule has 102 valence electrons. The maximum Gasteiger partial charge on any atom is 0.193 e. The van der Waals surface area contributed by atoms with Crippen molar-refractivity contribution >= 4 is 11.0 Å². The van der Waals surface area contributed by atoms with Crippen LogP contribution in [0, 0.1) is 11.3 Å². The minimum atomic E-state index is -0.109. The highest BCUT2D eigenvalue weighted by atomic mass is 16.5. The van der Waals surface area contributed by atoms with E-state index in [-0.39, 0.29) is 12.0 Å². The van der Waals surface area contributed by atoms with Gasteiger partial charge in [-0.1, -0.05) is 30.3 Å². The van der Waals surface area contributed by atoms with Gasteiger partial charge in [-0.3, -0.25) is 4.79 Å². The molecule has 4 nitrogen and oxygen atoms in total. The second kappa shape index (κ2) is 5.51. The third kappa shape index (κ3) is 2.63. The van der Waals surface area contributed by atoms with Gasteiger partial charge >= 0.3 is 0 Å². The fourth-order valence-corrected chi connectivity index (χ4v) is 2.09. The lowest BCUT2D eigenvalue weighted by atomic mass is 10.1. The van der Waals surface area contributed by atoms with Crippen LogP contribution in [0.5, 0.6) is 5.75 Å². The van der Waals surface area contributed by atoms with Gasteiger partial charge in [0.1, 0.15) is 23.2 Å². The van der Waals surface area contributed by atoms with E-state index in [1.54, 1.807) is 18.2 Å². The van der Waals surface area contributed by atoms with Gasteiger partial charge in [0.05, 0.1) is 5.39 Å². The van der Waals surface area contributed by atoms with Gasteiger partial charge in [0.15, 0.2) is 12.0 Å². The Morgan fingerprint density at radius 2 is 1.90 bits per heavy atom. The van der Waals surface area contributed by atoms with E-state index >= 15 is 0 Å². The van der Waals surface area contributed by atoms with E-state index in [2.05, 4.69) is 0 Å². The van der Waals surface area contributed by atoms with Crippen LogP contribution in [-0.4, -0.2) is 6.61 Å². The van der Waals surface area contributed by atoms with E-state index in [0.717, 1.165) is 5.56 Å². The highest BCUT2D eigenvalue weighted by Gasteiger charge is 2.07. The van der Waals surface area contributed by atoms with Crippen molar-refractivity contribution < 1.29 is 9.15 Å². The second-order valence-electron chi connectivity index (χ2n) is 4.45. The Bertz CT molecular complexity index is 876. The summed E-state index contributed by atoms with van der Waals surface area (Å²) in [7, 11) is 0. The monoisotopic (exact) mass is 277 g/mol. The number of nitrogens with zero attached hydrogens (tertiary/aromatic N) is 1. The molecular formula is C17H11NO3. The molecule has 4 heteroatoms. The molecule has 0 N–H and O–H groups in total. The van der Waals surface area contributed by atoms with Gasteiger partial charge in [-0.2, -0.15) is 5.26 Å². The third-order valence-corrected chi connectivity index (χ3v) is 3.06. The fourth-order valence-electron chi connectivity index (χ4n) is 2.09. The first-order valence-electron chi connectivity index (χ1n) is 6.41. The Kier molecular flexibility index (Phi) is 3.40. The first kappa shape index (κ1) is 12.9. The van der Waals surface area contributed by atoms with Crippen LogP contribution >= 0.6 is 0 Å². The van der Waals surface area contributed by atoms with Crippen molar-refractivity contribution in [3.05, 3.63) is 64.8 Å². The average Bonchev–Trinajstić information content (AvgIpc) is 2.53. The molecule has 3 rings (SSSR count). The van der Waals surface area contributed by atoms with Crippen molar-refractivity contribution in [1.82, 2.24) is 0 Å². The molecule has 0 amide bonds. The summed E-state index contributed by atoms with van der Waals surface area (Å²) in [5, 5.41) is 9.01. The highest BCUT2D eigenvalue weighted by molar-refractivity contribution is 5.80. The molecule has 0 unspecified atom stereocenters. The summed E-state index contributed by atoms with van der Waals surface area (Å²) in [4.78, 5) is 12.1. The molecular weight excluding hydrogens is 266 g/mol. The molecule has 0 fully saturated rings. The SMILES string of the molecule is N#CCOc1ccc2c(=O)cc(-c3ccccc3)oc2c1. The zero-order valence-corrected chi connectivity index (χ0v) is 11.1. The van der Waals surface area contributed by atoms with Crippen molar-refractivity contribution in [3.8, 4) is 23.1 Å². The second-order valence-corrected chi connectivity index (χ2v) is 4.45. The van der Waals surface area contributed by atoms with Crippen molar-refractivity contribution in [1.29, 1.82) is 5.26 Å². The van der Waals surface area contributed by atoms with Crippen LogP contribution in [0.1, 0.15) is 0 Å². The molecule has 0 radical (unpaired) electrons. The molecule has 2 aromatic carbocycles.